The smallest absolute Gasteiger partial charge is 0.305 e. The molecule has 0 radical (unpaired) electrons. The van der Waals surface area contributed by atoms with Crippen LogP contribution in [0.25, 0.3) is 0 Å². The predicted molar refractivity (Wildman–Crippen MR) is 116 cm³/mol. The number of hydrogen-bond acceptors (Lipinski definition) is 3. The number of rotatable bonds is 4. The molecule has 4 fully saturated rings. The van der Waals surface area contributed by atoms with Crippen molar-refractivity contribution in [3.05, 3.63) is 0 Å². The van der Waals surface area contributed by atoms with E-state index in [2.05, 4.69) is 27.7 Å². The summed E-state index contributed by atoms with van der Waals surface area (Å²) in [7, 11) is 1.50. The average Bonchev–Trinajstić information content (AvgIpc) is 3.05. The van der Waals surface area contributed by atoms with Gasteiger partial charge in [-0.1, -0.05) is 27.7 Å². The Hall–Kier alpha value is -0.570. The van der Waals surface area contributed by atoms with Crippen LogP contribution in [0.2, 0.25) is 0 Å². The van der Waals surface area contributed by atoms with Crippen LogP contribution in [0.15, 0.2) is 0 Å². The molecular formula is C26H44O3. The van der Waals surface area contributed by atoms with E-state index < -0.39 is 0 Å². The summed E-state index contributed by atoms with van der Waals surface area (Å²) >= 11 is 0. The van der Waals surface area contributed by atoms with Gasteiger partial charge in [-0.05, 0) is 110 Å². The van der Waals surface area contributed by atoms with E-state index in [0.717, 1.165) is 48.9 Å². The van der Waals surface area contributed by atoms with Crippen molar-refractivity contribution in [1.29, 1.82) is 0 Å². The SMILES string of the molecule is COC(=O)CC[C@@H](C)C1CCC2C3CC(C)C4CC(O)CCC4(C)C3CCC21C. The average molecular weight is 405 g/mol. The molecule has 0 heterocycles. The number of fused-ring (bicyclic) bond motifs is 5. The first-order chi connectivity index (χ1) is 13.7. The largest absolute Gasteiger partial charge is 0.469 e. The molecule has 4 aliphatic carbocycles. The standard InChI is InChI=1S/C26H44O3/c1-16(6-9-24(28)29-5)20-7-8-21-19-14-17(2)23-15-18(27)10-12-26(23,4)22(19)11-13-25(20,21)3/h16-23,27H,6-15H2,1-5H3/t16-,17?,18?,19?,20?,21?,22?,23?,25?,26?/m1/s1. The van der Waals surface area contributed by atoms with Gasteiger partial charge in [-0.2, -0.15) is 0 Å². The summed E-state index contributed by atoms with van der Waals surface area (Å²) < 4.78 is 4.89. The Kier molecular flexibility index (Phi) is 5.86. The van der Waals surface area contributed by atoms with Crippen LogP contribution in [-0.2, 0) is 9.53 Å². The van der Waals surface area contributed by atoms with Crippen molar-refractivity contribution < 1.29 is 14.6 Å². The Morgan fingerprint density at radius 1 is 1.03 bits per heavy atom. The van der Waals surface area contributed by atoms with Crippen molar-refractivity contribution >= 4 is 5.97 Å². The molecule has 4 saturated carbocycles. The molecule has 0 aliphatic heterocycles. The van der Waals surface area contributed by atoms with Gasteiger partial charge in [-0.3, -0.25) is 4.79 Å². The molecule has 3 heteroatoms. The second-order valence-electron chi connectivity index (χ2n) is 12.0. The molecule has 9 unspecified atom stereocenters. The molecule has 1 N–H and O–H groups in total. The quantitative estimate of drug-likeness (QED) is 0.599. The van der Waals surface area contributed by atoms with Gasteiger partial charge in [-0.15, -0.1) is 0 Å². The van der Waals surface area contributed by atoms with E-state index in [1.807, 2.05) is 0 Å². The van der Waals surface area contributed by atoms with Crippen LogP contribution in [0, 0.1) is 52.3 Å². The third-order valence-electron chi connectivity index (χ3n) is 10.8. The Labute approximate surface area is 178 Å². The number of aliphatic hydroxyl groups excluding tert-OH is 1. The van der Waals surface area contributed by atoms with Gasteiger partial charge in [0.15, 0.2) is 0 Å². The molecule has 29 heavy (non-hydrogen) atoms. The van der Waals surface area contributed by atoms with E-state index >= 15 is 0 Å². The fourth-order valence-electron chi connectivity index (χ4n) is 9.34. The Bertz CT molecular complexity index is 617. The molecule has 0 aromatic rings. The first-order valence-corrected chi connectivity index (χ1v) is 12.5. The first kappa shape index (κ1) is 21.7. The van der Waals surface area contributed by atoms with Crippen molar-refractivity contribution in [2.75, 3.05) is 7.11 Å². The zero-order valence-corrected chi connectivity index (χ0v) is 19.5. The van der Waals surface area contributed by atoms with Gasteiger partial charge < -0.3 is 9.84 Å². The molecule has 0 spiro atoms. The number of methoxy groups -OCH3 is 1. The highest BCUT2D eigenvalue weighted by molar-refractivity contribution is 5.69. The van der Waals surface area contributed by atoms with Gasteiger partial charge >= 0.3 is 5.97 Å². The highest BCUT2D eigenvalue weighted by Gasteiger charge is 2.61. The minimum Gasteiger partial charge on any atom is -0.469 e. The van der Waals surface area contributed by atoms with Gasteiger partial charge in [0.2, 0.25) is 0 Å². The summed E-state index contributed by atoms with van der Waals surface area (Å²) in [5, 5.41) is 10.3. The third-order valence-corrected chi connectivity index (χ3v) is 10.8. The molecule has 4 aliphatic rings. The Morgan fingerprint density at radius 3 is 2.45 bits per heavy atom. The highest BCUT2D eigenvalue weighted by Crippen LogP contribution is 2.69. The van der Waals surface area contributed by atoms with Crippen molar-refractivity contribution in [1.82, 2.24) is 0 Å². The lowest BCUT2D eigenvalue weighted by molar-refractivity contribution is -0.149. The van der Waals surface area contributed by atoms with E-state index in [4.69, 9.17) is 4.74 Å². The van der Waals surface area contributed by atoms with Gasteiger partial charge in [0.25, 0.3) is 0 Å². The van der Waals surface area contributed by atoms with Crippen LogP contribution in [0.1, 0.15) is 91.9 Å². The lowest BCUT2D eigenvalue weighted by Crippen LogP contribution is -2.56. The summed E-state index contributed by atoms with van der Waals surface area (Å²) in [5.41, 5.74) is 0.894. The van der Waals surface area contributed by atoms with Crippen LogP contribution in [0.4, 0.5) is 0 Å². The maximum atomic E-state index is 11.7. The van der Waals surface area contributed by atoms with Crippen LogP contribution in [0.3, 0.4) is 0 Å². The molecule has 4 rings (SSSR count). The molecule has 0 saturated heterocycles. The lowest BCUT2D eigenvalue weighted by Gasteiger charge is -2.63. The predicted octanol–water partition coefficient (Wildman–Crippen LogP) is 5.84. The van der Waals surface area contributed by atoms with Crippen molar-refractivity contribution in [2.45, 2.75) is 98.0 Å². The molecule has 0 amide bonds. The van der Waals surface area contributed by atoms with Crippen molar-refractivity contribution in [3.8, 4) is 0 Å². The number of hydrogen-bond donors (Lipinski definition) is 1. The fraction of sp³-hybridized carbons (Fsp3) is 0.962. The topological polar surface area (TPSA) is 46.5 Å². The second kappa shape index (κ2) is 7.84. The minimum absolute atomic E-state index is 0.0557. The monoisotopic (exact) mass is 404 g/mol. The summed E-state index contributed by atoms with van der Waals surface area (Å²) in [6.07, 6.45) is 11.6. The van der Waals surface area contributed by atoms with Crippen molar-refractivity contribution in [3.63, 3.8) is 0 Å². The number of esters is 1. The van der Waals surface area contributed by atoms with Gasteiger partial charge in [-0.25, -0.2) is 0 Å². The summed E-state index contributed by atoms with van der Waals surface area (Å²) in [4.78, 5) is 11.7. The zero-order chi connectivity index (χ0) is 21.0. The minimum atomic E-state index is -0.0625. The van der Waals surface area contributed by atoms with Gasteiger partial charge in [0.1, 0.15) is 0 Å². The fourth-order valence-corrected chi connectivity index (χ4v) is 9.34. The van der Waals surface area contributed by atoms with Crippen LogP contribution in [-0.4, -0.2) is 24.3 Å². The zero-order valence-electron chi connectivity index (χ0n) is 19.5. The van der Waals surface area contributed by atoms with Crippen LogP contribution < -0.4 is 0 Å². The lowest BCUT2D eigenvalue weighted by atomic mass is 9.42. The molecule has 3 nitrogen and oxygen atoms in total. The van der Waals surface area contributed by atoms with Crippen LogP contribution >= 0.6 is 0 Å². The van der Waals surface area contributed by atoms with E-state index in [1.54, 1.807) is 0 Å². The van der Waals surface area contributed by atoms with E-state index in [9.17, 15) is 9.90 Å². The highest BCUT2D eigenvalue weighted by atomic mass is 16.5. The Morgan fingerprint density at radius 2 is 1.72 bits per heavy atom. The van der Waals surface area contributed by atoms with Crippen molar-refractivity contribution in [2.24, 2.45) is 52.3 Å². The molecule has 10 atom stereocenters. The van der Waals surface area contributed by atoms with Gasteiger partial charge in [0, 0.05) is 6.42 Å². The maximum Gasteiger partial charge on any atom is 0.305 e. The third kappa shape index (κ3) is 3.48. The Balaban J connectivity index is 1.52. The maximum absolute atomic E-state index is 11.7. The molecular weight excluding hydrogens is 360 g/mol. The van der Waals surface area contributed by atoms with E-state index in [0.29, 0.717) is 29.1 Å². The van der Waals surface area contributed by atoms with E-state index in [1.165, 1.54) is 45.6 Å². The number of ether oxygens (including phenoxy) is 1. The van der Waals surface area contributed by atoms with Gasteiger partial charge in [0.05, 0.1) is 13.2 Å². The number of carbonyl (C=O) groups is 1. The number of aliphatic hydroxyl groups is 1. The molecule has 0 aromatic heterocycles. The summed E-state index contributed by atoms with van der Waals surface area (Å²) in [6, 6.07) is 0. The van der Waals surface area contributed by atoms with E-state index in [-0.39, 0.29) is 12.1 Å². The second-order valence-corrected chi connectivity index (χ2v) is 12.0. The summed E-state index contributed by atoms with van der Waals surface area (Å²) in [6.45, 7) is 10.1. The van der Waals surface area contributed by atoms with Crippen LogP contribution in [0.5, 0.6) is 0 Å². The number of carbonyl (C=O) groups excluding carboxylic acids is 1. The first-order valence-electron chi connectivity index (χ1n) is 12.5. The molecule has 0 aromatic carbocycles. The normalized spacial score (nSPS) is 50.2. The molecule has 0 bridgehead atoms. The summed E-state index contributed by atoms with van der Waals surface area (Å²) in [5.74, 6) is 5.36. The molecule has 166 valence electrons.